The zero-order chi connectivity index (χ0) is 8.97. The van der Waals surface area contributed by atoms with Crippen LogP contribution >= 0.6 is 0 Å². The molecule has 1 aromatic rings. The Morgan fingerprint density at radius 1 is 1.33 bits per heavy atom. The minimum absolute atomic E-state index is 0.980. The molecule has 0 radical (unpaired) electrons. The molecule has 12 heavy (non-hydrogen) atoms. The van der Waals surface area contributed by atoms with Gasteiger partial charge in [-0.25, -0.2) is 0 Å². The number of rotatable bonds is 2. The fraction of sp³-hybridized carbons (Fsp3) is 0.182. The van der Waals surface area contributed by atoms with E-state index in [0.29, 0.717) is 0 Å². The second kappa shape index (κ2) is 3.86. The molecule has 0 fully saturated rings. The van der Waals surface area contributed by atoms with E-state index in [-0.39, 0.29) is 0 Å². The quantitative estimate of drug-likeness (QED) is 0.641. The Balaban J connectivity index is 3.18. The smallest absolute Gasteiger partial charge is 0.0253 e. The van der Waals surface area contributed by atoms with E-state index >= 15 is 0 Å². The maximum Gasteiger partial charge on any atom is 0.0253 e. The van der Waals surface area contributed by atoms with Gasteiger partial charge in [0, 0.05) is 6.21 Å². The topological polar surface area (TPSA) is 23.9 Å². The van der Waals surface area contributed by atoms with E-state index in [9.17, 15) is 0 Å². The van der Waals surface area contributed by atoms with Gasteiger partial charge in [0.25, 0.3) is 0 Å². The highest BCUT2D eigenvalue weighted by molar-refractivity contribution is 6.08. The van der Waals surface area contributed by atoms with Crippen LogP contribution in [-0.2, 0) is 0 Å². The molecule has 0 bridgehead atoms. The summed E-state index contributed by atoms with van der Waals surface area (Å²) in [4.78, 5) is 0. The second-order valence-corrected chi connectivity index (χ2v) is 2.70. The molecule has 0 unspecified atom stereocenters. The van der Waals surface area contributed by atoms with Gasteiger partial charge in [-0.3, -0.25) is 0 Å². The van der Waals surface area contributed by atoms with Crippen molar-refractivity contribution < 1.29 is 0 Å². The van der Waals surface area contributed by atoms with Crippen molar-refractivity contribution in [1.82, 2.24) is 0 Å². The number of nitrogens with one attached hydrogen (secondary N) is 1. The summed E-state index contributed by atoms with van der Waals surface area (Å²) in [7, 11) is 0. The number of aryl methyl sites for hydroxylation is 1. The van der Waals surface area contributed by atoms with Crippen LogP contribution in [0.25, 0.3) is 5.57 Å². The van der Waals surface area contributed by atoms with Crippen LogP contribution in [0.4, 0.5) is 0 Å². The minimum atomic E-state index is 0.980. The van der Waals surface area contributed by atoms with Gasteiger partial charge in [0.1, 0.15) is 0 Å². The zero-order valence-electron chi connectivity index (χ0n) is 7.46. The zero-order valence-corrected chi connectivity index (χ0v) is 7.46. The highest BCUT2D eigenvalue weighted by Gasteiger charge is 1.98. The molecule has 0 aromatic heterocycles. The van der Waals surface area contributed by atoms with E-state index < -0.39 is 0 Å². The Morgan fingerprint density at radius 2 is 2.00 bits per heavy atom. The third kappa shape index (κ3) is 1.62. The third-order valence-electron chi connectivity index (χ3n) is 1.92. The van der Waals surface area contributed by atoms with Gasteiger partial charge in [-0.1, -0.05) is 30.3 Å². The van der Waals surface area contributed by atoms with Gasteiger partial charge in [0.05, 0.1) is 0 Å². The standard InChI is InChI=1S/C11H13N/c1-3-10(8-12)11-7-5-4-6-9(11)2/h3-8,12H,1-2H3/b10-3+,12-8?. The van der Waals surface area contributed by atoms with Crippen molar-refractivity contribution in [2.75, 3.05) is 0 Å². The lowest BCUT2D eigenvalue weighted by Gasteiger charge is -2.03. The average molecular weight is 159 g/mol. The SMILES string of the molecule is C/C=C(\C=N)c1ccccc1C. The molecule has 1 nitrogen and oxygen atoms in total. The van der Waals surface area contributed by atoms with Gasteiger partial charge >= 0.3 is 0 Å². The van der Waals surface area contributed by atoms with Gasteiger partial charge in [0.2, 0.25) is 0 Å². The van der Waals surface area contributed by atoms with Gasteiger partial charge in [-0.15, -0.1) is 0 Å². The molecule has 1 N–H and O–H groups in total. The monoisotopic (exact) mass is 159 g/mol. The molecule has 0 aliphatic heterocycles. The van der Waals surface area contributed by atoms with Crippen LogP contribution in [-0.4, -0.2) is 6.21 Å². The van der Waals surface area contributed by atoms with E-state index in [1.165, 1.54) is 11.8 Å². The molecule has 0 aliphatic carbocycles. The van der Waals surface area contributed by atoms with Gasteiger partial charge in [-0.05, 0) is 30.5 Å². The Kier molecular flexibility index (Phi) is 2.81. The Bertz CT molecular complexity index is 311. The Hall–Kier alpha value is -1.37. The lowest BCUT2D eigenvalue weighted by atomic mass is 10.0. The number of allylic oxidation sites excluding steroid dienone is 2. The van der Waals surface area contributed by atoms with Crippen molar-refractivity contribution in [2.45, 2.75) is 13.8 Å². The summed E-state index contributed by atoms with van der Waals surface area (Å²) in [6.45, 7) is 4.01. The predicted molar refractivity (Wildman–Crippen MR) is 53.6 cm³/mol. The predicted octanol–water partition coefficient (Wildman–Crippen LogP) is 3.05. The highest BCUT2D eigenvalue weighted by atomic mass is 14.3. The lowest BCUT2D eigenvalue weighted by molar-refractivity contribution is 1.43. The van der Waals surface area contributed by atoms with E-state index in [1.807, 2.05) is 31.2 Å². The van der Waals surface area contributed by atoms with Gasteiger partial charge in [0.15, 0.2) is 0 Å². The molecule has 0 saturated carbocycles. The first kappa shape index (κ1) is 8.72. The molecule has 0 saturated heterocycles. The van der Waals surface area contributed by atoms with Crippen LogP contribution in [0.15, 0.2) is 30.3 Å². The van der Waals surface area contributed by atoms with Gasteiger partial charge in [-0.2, -0.15) is 0 Å². The van der Waals surface area contributed by atoms with Crippen molar-refractivity contribution in [1.29, 1.82) is 5.41 Å². The molecule has 0 spiro atoms. The first-order valence-electron chi connectivity index (χ1n) is 4.02. The molecule has 1 rings (SSSR count). The first-order valence-corrected chi connectivity index (χ1v) is 4.02. The Labute approximate surface area is 73.3 Å². The summed E-state index contributed by atoms with van der Waals surface area (Å²) < 4.78 is 0. The maximum absolute atomic E-state index is 7.20. The number of hydrogen-bond donors (Lipinski definition) is 1. The van der Waals surface area contributed by atoms with Crippen LogP contribution in [0.1, 0.15) is 18.1 Å². The van der Waals surface area contributed by atoms with E-state index in [1.54, 1.807) is 0 Å². The minimum Gasteiger partial charge on any atom is -0.308 e. The van der Waals surface area contributed by atoms with Crippen molar-refractivity contribution in [3.63, 3.8) is 0 Å². The first-order chi connectivity index (χ1) is 5.79. The van der Waals surface area contributed by atoms with E-state index in [2.05, 4.69) is 13.0 Å². The molecule has 1 aromatic carbocycles. The van der Waals surface area contributed by atoms with Crippen molar-refractivity contribution in [3.05, 3.63) is 41.5 Å². The molecule has 0 heterocycles. The van der Waals surface area contributed by atoms with Crippen LogP contribution in [0.5, 0.6) is 0 Å². The highest BCUT2D eigenvalue weighted by Crippen LogP contribution is 2.15. The second-order valence-electron chi connectivity index (χ2n) is 2.70. The molecule has 1 heteroatoms. The van der Waals surface area contributed by atoms with Crippen LogP contribution in [0.3, 0.4) is 0 Å². The summed E-state index contributed by atoms with van der Waals surface area (Å²) in [5, 5.41) is 7.20. The molecule has 62 valence electrons. The number of hydrogen-bond acceptors (Lipinski definition) is 1. The maximum atomic E-state index is 7.20. The molecular weight excluding hydrogens is 146 g/mol. The van der Waals surface area contributed by atoms with Crippen LogP contribution < -0.4 is 0 Å². The number of benzene rings is 1. The van der Waals surface area contributed by atoms with Crippen molar-refractivity contribution in [2.24, 2.45) is 0 Å². The van der Waals surface area contributed by atoms with E-state index in [0.717, 1.165) is 11.1 Å². The summed E-state index contributed by atoms with van der Waals surface area (Å²) in [6.07, 6.45) is 3.34. The summed E-state index contributed by atoms with van der Waals surface area (Å²) >= 11 is 0. The van der Waals surface area contributed by atoms with Crippen LogP contribution in [0, 0.1) is 12.3 Å². The molecular formula is C11H13N. The third-order valence-corrected chi connectivity index (χ3v) is 1.92. The van der Waals surface area contributed by atoms with Crippen molar-refractivity contribution in [3.8, 4) is 0 Å². The van der Waals surface area contributed by atoms with Gasteiger partial charge < -0.3 is 5.41 Å². The molecule has 0 aliphatic rings. The summed E-state index contributed by atoms with van der Waals surface area (Å²) in [5.74, 6) is 0. The average Bonchev–Trinajstić information content (AvgIpc) is 2.10. The van der Waals surface area contributed by atoms with Crippen molar-refractivity contribution >= 4 is 11.8 Å². The largest absolute Gasteiger partial charge is 0.308 e. The van der Waals surface area contributed by atoms with Crippen LogP contribution in [0.2, 0.25) is 0 Å². The van der Waals surface area contributed by atoms with E-state index in [4.69, 9.17) is 5.41 Å². The fourth-order valence-corrected chi connectivity index (χ4v) is 1.21. The normalized spacial score (nSPS) is 11.3. The summed E-state index contributed by atoms with van der Waals surface area (Å²) in [5.41, 5.74) is 3.34. The molecule has 0 amide bonds. The summed E-state index contributed by atoms with van der Waals surface area (Å²) in [6, 6.07) is 8.10. The lowest BCUT2D eigenvalue weighted by Crippen LogP contribution is -1.88. The molecule has 0 atom stereocenters. The fourth-order valence-electron chi connectivity index (χ4n) is 1.21. The Morgan fingerprint density at radius 3 is 2.50 bits per heavy atom.